The predicted octanol–water partition coefficient (Wildman–Crippen LogP) is 2.42. The highest BCUT2D eigenvalue weighted by molar-refractivity contribution is 5.63. The summed E-state index contributed by atoms with van der Waals surface area (Å²) in [5.74, 6) is 0.809. The van der Waals surface area contributed by atoms with Crippen molar-refractivity contribution in [3.05, 3.63) is 46.8 Å². The molecule has 0 amide bonds. The summed E-state index contributed by atoms with van der Waals surface area (Å²) in [7, 11) is 1.72. The number of hydrogen-bond acceptors (Lipinski definition) is 3. The molecule has 0 saturated carbocycles. The number of anilines is 1. The number of benzene rings is 1. The molecule has 0 aliphatic rings. The molecule has 100 valence electrons. The zero-order chi connectivity index (χ0) is 13.8. The van der Waals surface area contributed by atoms with Crippen LogP contribution in [0.1, 0.15) is 13.3 Å². The van der Waals surface area contributed by atoms with Crippen LogP contribution in [-0.2, 0) is 7.05 Å². The topological polar surface area (TPSA) is 57.2 Å². The van der Waals surface area contributed by atoms with Crippen molar-refractivity contribution in [2.75, 3.05) is 12.3 Å². The Morgan fingerprint density at radius 1 is 1.26 bits per heavy atom. The second-order valence-electron chi connectivity index (χ2n) is 4.41. The van der Waals surface area contributed by atoms with Gasteiger partial charge >= 0.3 is 0 Å². The first kappa shape index (κ1) is 13.2. The predicted molar refractivity (Wildman–Crippen MR) is 77.3 cm³/mol. The zero-order valence-electron chi connectivity index (χ0n) is 11.2. The average molecular weight is 258 g/mol. The lowest BCUT2D eigenvalue weighted by molar-refractivity contribution is 0.317. The molecule has 2 aromatic rings. The molecule has 4 heteroatoms. The van der Waals surface area contributed by atoms with E-state index >= 15 is 0 Å². The van der Waals surface area contributed by atoms with Gasteiger partial charge in [0.15, 0.2) is 0 Å². The van der Waals surface area contributed by atoms with Crippen LogP contribution in [0.25, 0.3) is 11.3 Å². The molecule has 0 radical (unpaired) electrons. The highest BCUT2D eigenvalue weighted by atomic mass is 16.5. The number of nitrogens with zero attached hydrogens (tertiary/aromatic N) is 1. The van der Waals surface area contributed by atoms with Crippen molar-refractivity contribution in [3.8, 4) is 17.0 Å². The van der Waals surface area contributed by atoms with Gasteiger partial charge in [-0.1, -0.05) is 19.1 Å². The fourth-order valence-electron chi connectivity index (χ4n) is 1.91. The third-order valence-electron chi connectivity index (χ3n) is 2.94. The molecule has 1 heterocycles. The fourth-order valence-corrected chi connectivity index (χ4v) is 1.91. The van der Waals surface area contributed by atoms with Gasteiger partial charge in [0.2, 0.25) is 0 Å². The van der Waals surface area contributed by atoms with Gasteiger partial charge in [0.1, 0.15) is 5.75 Å². The van der Waals surface area contributed by atoms with Crippen molar-refractivity contribution < 1.29 is 4.74 Å². The van der Waals surface area contributed by atoms with Crippen LogP contribution in [0.3, 0.4) is 0 Å². The van der Waals surface area contributed by atoms with Gasteiger partial charge in [0.05, 0.1) is 18.0 Å². The summed E-state index contributed by atoms with van der Waals surface area (Å²) in [6.07, 6.45) is 0.963. The van der Waals surface area contributed by atoms with Crippen molar-refractivity contribution >= 4 is 5.69 Å². The maximum absolute atomic E-state index is 11.8. The fraction of sp³-hybridized carbons (Fsp3) is 0.267. The molecular formula is C15H18N2O2. The van der Waals surface area contributed by atoms with Gasteiger partial charge < -0.3 is 15.0 Å². The molecule has 0 aliphatic heterocycles. The summed E-state index contributed by atoms with van der Waals surface area (Å²) in [5, 5.41) is 0. The first-order valence-corrected chi connectivity index (χ1v) is 6.32. The third kappa shape index (κ3) is 2.78. The lowest BCUT2D eigenvalue weighted by Crippen LogP contribution is -2.21. The van der Waals surface area contributed by atoms with Crippen LogP contribution in [-0.4, -0.2) is 11.2 Å². The maximum Gasteiger partial charge on any atom is 0.273 e. The van der Waals surface area contributed by atoms with Crippen molar-refractivity contribution in [2.24, 2.45) is 7.05 Å². The number of ether oxygens (including phenoxy) is 1. The Morgan fingerprint density at radius 3 is 2.79 bits per heavy atom. The minimum atomic E-state index is -0.183. The van der Waals surface area contributed by atoms with E-state index < -0.39 is 0 Å². The molecule has 0 aliphatic carbocycles. The number of hydrogen-bond donors (Lipinski definition) is 1. The summed E-state index contributed by atoms with van der Waals surface area (Å²) in [4.78, 5) is 11.8. The second-order valence-corrected chi connectivity index (χ2v) is 4.41. The number of aromatic nitrogens is 1. The summed E-state index contributed by atoms with van der Waals surface area (Å²) >= 11 is 0. The molecule has 0 spiro atoms. The molecule has 1 aromatic carbocycles. The number of pyridine rings is 1. The van der Waals surface area contributed by atoms with Gasteiger partial charge in [0.25, 0.3) is 5.56 Å². The van der Waals surface area contributed by atoms with Crippen LogP contribution in [0.2, 0.25) is 0 Å². The van der Waals surface area contributed by atoms with E-state index in [0.29, 0.717) is 6.61 Å². The van der Waals surface area contributed by atoms with E-state index in [9.17, 15) is 4.79 Å². The van der Waals surface area contributed by atoms with Crippen LogP contribution in [0.4, 0.5) is 5.69 Å². The third-order valence-corrected chi connectivity index (χ3v) is 2.94. The molecule has 0 saturated heterocycles. The summed E-state index contributed by atoms with van der Waals surface area (Å²) in [6.45, 7) is 2.75. The van der Waals surface area contributed by atoms with Crippen molar-refractivity contribution in [1.29, 1.82) is 0 Å². The Bertz CT molecular complexity index is 632. The minimum absolute atomic E-state index is 0.183. The Hall–Kier alpha value is -2.23. The monoisotopic (exact) mass is 258 g/mol. The summed E-state index contributed by atoms with van der Waals surface area (Å²) in [5.41, 5.74) is 7.44. The van der Waals surface area contributed by atoms with Crippen molar-refractivity contribution in [3.63, 3.8) is 0 Å². The van der Waals surface area contributed by atoms with E-state index in [1.54, 1.807) is 17.7 Å². The van der Waals surface area contributed by atoms with Crippen LogP contribution in [0, 0.1) is 0 Å². The average Bonchev–Trinajstić information content (AvgIpc) is 2.43. The van der Waals surface area contributed by atoms with E-state index in [0.717, 1.165) is 23.4 Å². The van der Waals surface area contributed by atoms with Gasteiger partial charge in [0, 0.05) is 12.6 Å². The van der Waals surface area contributed by atoms with E-state index in [1.165, 1.54) is 0 Å². The second kappa shape index (κ2) is 5.61. The van der Waals surface area contributed by atoms with Crippen LogP contribution in [0.15, 0.2) is 41.2 Å². The minimum Gasteiger partial charge on any atom is -0.494 e. The quantitative estimate of drug-likeness (QED) is 0.916. The Labute approximate surface area is 112 Å². The number of rotatable bonds is 4. The molecule has 2 N–H and O–H groups in total. The van der Waals surface area contributed by atoms with Gasteiger partial charge in [-0.3, -0.25) is 4.79 Å². The molecule has 1 aromatic heterocycles. The molecule has 0 unspecified atom stereocenters. The van der Waals surface area contributed by atoms with Crippen LogP contribution < -0.4 is 16.0 Å². The lowest BCUT2D eigenvalue weighted by atomic mass is 10.1. The molecule has 0 fully saturated rings. The Balaban J connectivity index is 2.42. The van der Waals surface area contributed by atoms with Gasteiger partial charge in [-0.05, 0) is 30.7 Å². The molecule has 2 rings (SSSR count). The molecular weight excluding hydrogens is 240 g/mol. The Morgan fingerprint density at radius 2 is 2.05 bits per heavy atom. The summed E-state index contributed by atoms with van der Waals surface area (Å²) < 4.78 is 7.15. The molecule has 0 atom stereocenters. The SMILES string of the molecule is CCCOc1cccc(-c2ccc(N)c(=O)n2C)c1. The Kier molecular flexibility index (Phi) is 3.90. The molecule has 0 bridgehead atoms. The van der Waals surface area contributed by atoms with E-state index in [-0.39, 0.29) is 11.2 Å². The van der Waals surface area contributed by atoms with Gasteiger partial charge in [-0.25, -0.2) is 0 Å². The smallest absolute Gasteiger partial charge is 0.273 e. The van der Waals surface area contributed by atoms with E-state index in [2.05, 4.69) is 6.92 Å². The number of nitrogens with two attached hydrogens (primary N) is 1. The van der Waals surface area contributed by atoms with Crippen LogP contribution >= 0.6 is 0 Å². The zero-order valence-corrected chi connectivity index (χ0v) is 11.2. The summed E-state index contributed by atoms with van der Waals surface area (Å²) in [6, 6.07) is 11.2. The normalized spacial score (nSPS) is 10.4. The lowest BCUT2D eigenvalue weighted by Gasteiger charge is -2.11. The van der Waals surface area contributed by atoms with E-state index in [1.807, 2.05) is 30.3 Å². The molecule has 4 nitrogen and oxygen atoms in total. The number of nitrogen functional groups attached to an aromatic ring is 1. The largest absolute Gasteiger partial charge is 0.494 e. The highest BCUT2D eigenvalue weighted by Gasteiger charge is 2.06. The first-order chi connectivity index (χ1) is 9.13. The van der Waals surface area contributed by atoms with E-state index in [4.69, 9.17) is 10.5 Å². The van der Waals surface area contributed by atoms with Gasteiger partial charge in [-0.15, -0.1) is 0 Å². The first-order valence-electron chi connectivity index (χ1n) is 6.32. The standard InChI is InChI=1S/C15H18N2O2/c1-3-9-19-12-6-4-5-11(10-12)14-8-7-13(16)15(18)17(14)2/h4-8,10H,3,9,16H2,1-2H3. The van der Waals surface area contributed by atoms with Crippen molar-refractivity contribution in [2.45, 2.75) is 13.3 Å². The highest BCUT2D eigenvalue weighted by Crippen LogP contribution is 2.23. The van der Waals surface area contributed by atoms with Gasteiger partial charge in [-0.2, -0.15) is 0 Å². The molecule has 19 heavy (non-hydrogen) atoms. The van der Waals surface area contributed by atoms with Crippen molar-refractivity contribution in [1.82, 2.24) is 4.57 Å². The van der Waals surface area contributed by atoms with Crippen LogP contribution in [0.5, 0.6) is 5.75 Å². The maximum atomic E-state index is 11.8.